The number of aryl methyl sites for hydroxylation is 1. The van der Waals surface area contributed by atoms with E-state index in [0.717, 1.165) is 43.9 Å². The lowest BCUT2D eigenvalue weighted by atomic mass is 10.2. The summed E-state index contributed by atoms with van der Waals surface area (Å²) in [6.07, 6.45) is 2.60. The Morgan fingerprint density at radius 3 is 2.32 bits per heavy atom. The lowest BCUT2D eigenvalue weighted by Gasteiger charge is -2.27. The van der Waals surface area contributed by atoms with E-state index in [1.165, 1.54) is 0 Å². The molecule has 0 bridgehead atoms. The van der Waals surface area contributed by atoms with E-state index in [0.29, 0.717) is 17.5 Å². The van der Waals surface area contributed by atoms with Crippen molar-refractivity contribution in [3.8, 4) is 0 Å². The molecule has 0 radical (unpaired) electrons. The quantitative estimate of drug-likeness (QED) is 0.521. The van der Waals surface area contributed by atoms with Crippen molar-refractivity contribution < 1.29 is 8.42 Å². The standard InChI is InChI=1S/C22H26N6O2S/c1-2-17-3-9-20(10-4-17)31(29,30)27-19-7-5-18(6-8-19)25-21-11-12-24-22(26-21)28-15-13-23-14-16-28/h3-12,23,27H,2,13-16H2,1H3,(H,24,25,26). The van der Waals surface area contributed by atoms with E-state index in [-0.39, 0.29) is 4.90 Å². The van der Waals surface area contributed by atoms with Crippen LogP contribution >= 0.6 is 0 Å². The van der Waals surface area contributed by atoms with Crippen molar-refractivity contribution in [3.05, 3.63) is 66.4 Å². The fourth-order valence-corrected chi connectivity index (χ4v) is 4.38. The van der Waals surface area contributed by atoms with Gasteiger partial charge in [-0.2, -0.15) is 4.98 Å². The van der Waals surface area contributed by atoms with Crippen LogP contribution in [0.2, 0.25) is 0 Å². The van der Waals surface area contributed by atoms with Gasteiger partial charge in [0, 0.05) is 43.8 Å². The number of nitrogens with zero attached hydrogens (tertiary/aromatic N) is 3. The maximum absolute atomic E-state index is 12.6. The second kappa shape index (κ2) is 9.32. The molecule has 1 aromatic heterocycles. The van der Waals surface area contributed by atoms with Gasteiger partial charge in [0.15, 0.2) is 0 Å². The molecular weight excluding hydrogens is 412 g/mol. The first kappa shape index (κ1) is 21.1. The van der Waals surface area contributed by atoms with Crippen molar-refractivity contribution in [1.29, 1.82) is 0 Å². The predicted octanol–water partition coefficient (Wildman–Crippen LogP) is 2.99. The van der Waals surface area contributed by atoms with Crippen LogP contribution in [0, 0.1) is 0 Å². The maximum atomic E-state index is 12.6. The van der Waals surface area contributed by atoms with Crippen LogP contribution in [0.4, 0.5) is 23.1 Å². The summed E-state index contributed by atoms with van der Waals surface area (Å²) in [6, 6.07) is 15.8. The summed E-state index contributed by atoms with van der Waals surface area (Å²) in [4.78, 5) is 11.4. The van der Waals surface area contributed by atoms with Gasteiger partial charge in [0.25, 0.3) is 10.0 Å². The number of aromatic nitrogens is 2. The molecule has 1 aliphatic heterocycles. The molecule has 3 N–H and O–H groups in total. The Morgan fingerprint density at radius 2 is 1.65 bits per heavy atom. The van der Waals surface area contributed by atoms with Gasteiger partial charge in [-0.15, -0.1) is 0 Å². The monoisotopic (exact) mass is 438 g/mol. The molecule has 4 rings (SSSR count). The zero-order chi connectivity index (χ0) is 21.7. The van der Waals surface area contributed by atoms with Gasteiger partial charge >= 0.3 is 0 Å². The third-order valence-corrected chi connectivity index (χ3v) is 6.49. The first-order valence-electron chi connectivity index (χ1n) is 10.3. The summed E-state index contributed by atoms with van der Waals surface area (Å²) in [5, 5.41) is 6.56. The predicted molar refractivity (Wildman–Crippen MR) is 123 cm³/mol. The highest BCUT2D eigenvalue weighted by Crippen LogP contribution is 2.21. The van der Waals surface area contributed by atoms with Crippen LogP contribution in [-0.2, 0) is 16.4 Å². The molecule has 1 saturated heterocycles. The van der Waals surface area contributed by atoms with Crippen LogP contribution in [-0.4, -0.2) is 44.6 Å². The van der Waals surface area contributed by atoms with Crippen LogP contribution in [0.25, 0.3) is 0 Å². The Hall–Kier alpha value is -3.17. The molecule has 0 saturated carbocycles. The number of hydrogen-bond donors (Lipinski definition) is 3. The molecule has 0 atom stereocenters. The summed E-state index contributed by atoms with van der Waals surface area (Å²) in [7, 11) is -3.63. The smallest absolute Gasteiger partial charge is 0.261 e. The lowest BCUT2D eigenvalue weighted by molar-refractivity contribution is 0.580. The Kier molecular flexibility index (Phi) is 6.34. The second-order valence-corrected chi connectivity index (χ2v) is 8.97. The zero-order valence-electron chi connectivity index (χ0n) is 17.4. The highest BCUT2D eigenvalue weighted by Gasteiger charge is 2.15. The summed E-state index contributed by atoms with van der Waals surface area (Å²) in [5.41, 5.74) is 2.40. The fourth-order valence-electron chi connectivity index (χ4n) is 3.32. The van der Waals surface area contributed by atoms with Crippen LogP contribution < -0.4 is 20.3 Å². The first-order valence-corrected chi connectivity index (χ1v) is 11.8. The van der Waals surface area contributed by atoms with Crippen LogP contribution in [0.5, 0.6) is 0 Å². The molecule has 2 aromatic carbocycles. The molecule has 3 aromatic rings. The van der Waals surface area contributed by atoms with E-state index in [1.54, 1.807) is 30.5 Å². The third kappa shape index (κ3) is 5.31. The van der Waals surface area contributed by atoms with Gasteiger partial charge < -0.3 is 15.5 Å². The van der Waals surface area contributed by atoms with E-state index in [9.17, 15) is 8.42 Å². The minimum atomic E-state index is -3.63. The lowest BCUT2D eigenvalue weighted by Crippen LogP contribution is -2.44. The van der Waals surface area contributed by atoms with E-state index in [2.05, 4.69) is 30.2 Å². The maximum Gasteiger partial charge on any atom is 0.261 e. The van der Waals surface area contributed by atoms with E-state index >= 15 is 0 Å². The molecule has 0 aliphatic carbocycles. The minimum Gasteiger partial charge on any atom is -0.340 e. The highest BCUT2D eigenvalue weighted by atomic mass is 32.2. The molecule has 0 amide bonds. The SMILES string of the molecule is CCc1ccc(S(=O)(=O)Nc2ccc(Nc3ccnc(N4CCNCC4)n3)cc2)cc1. The molecule has 162 valence electrons. The zero-order valence-corrected chi connectivity index (χ0v) is 18.2. The number of piperazine rings is 1. The van der Waals surface area contributed by atoms with Gasteiger partial charge in [0.1, 0.15) is 5.82 Å². The Morgan fingerprint density at radius 1 is 0.968 bits per heavy atom. The van der Waals surface area contributed by atoms with Gasteiger partial charge in [0.2, 0.25) is 5.95 Å². The number of anilines is 4. The van der Waals surface area contributed by atoms with Crippen molar-refractivity contribution in [2.75, 3.05) is 41.1 Å². The van der Waals surface area contributed by atoms with Gasteiger partial charge in [-0.05, 0) is 54.4 Å². The first-order chi connectivity index (χ1) is 15.0. The van der Waals surface area contributed by atoms with E-state index in [1.807, 2.05) is 37.3 Å². The van der Waals surface area contributed by atoms with Crippen LogP contribution in [0.1, 0.15) is 12.5 Å². The molecule has 8 nitrogen and oxygen atoms in total. The summed E-state index contributed by atoms with van der Waals surface area (Å²) in [5.74, 6) is 1.39. The van der Waals surface area contributed by atoms with Gasteiger partial charge in [-0.3, -0.25) is 4.72 Å². The Bertz CT molecular complexity index is 1110. The molecule has 9 heteroatoms. The van der Waals surface area contributed by atoms with Gasteiger partial charge in [-0.25, -0.2) is 13.4 Å². The minimum absolute atomic E-state index is 0.244. The van der Waals surface area contributed by atoms with Gasteiger partial charge in [-0.1, -0.05) is 19.1 Å². The van der Waals surface area contributed by atoms with Gasteiger partial charge in [0.05, 0.1) is 4.90 Å². The van der Waals surface area contributed by atoms with Crippen molar-refractivity contribution in [2.24, 2.45) is 0 Å². The molecule has 0 unspecified atom stereocenters. The Balaban J connectivity index is 1.42. The number of sulfonamides is 1. The number of hydrogen-bond acceptors (Lipinski definition) is 7. The van der Waals surface area contributed by atoms with Crippen molar-refractivity contribution in [3.63, 3.8) is 0 Å². The number of benzene rings is 2. The Labute approximate surface area is 182 Å². The van der Waals surface area contributed by atoms with Crippen molar-refractivity contribution >= 4 is 33.2 Å². The average Bonchev–Trinajstić information content (AvgIpc) is 2.81. The van der Waals surface area contributed by atoms with Crippen LogP contribution in [0.15, 0.2) is 65.7 Å². The topological polar surface area (TPSA) is 99.2 Å². The van der Waals surface area contributed by atoms with Crippen LogP contribution in [0.3, 0.4) is 0 Å². The number of nitrogens with one attached hydrogen (secondary N) is 3. The molecule has 31 heavy (non-hydrogen) atoms. The molecule has 2 heterocycles. The van der Waals surface area contributed by atoms with E-state index in [4.69, 9.17) is 0 Å². The van der Waals surface area contributed by atoms with E-state index < -0.39 is 10.0 Å². The largest absolute Gasteiger partial charge is 0.340 e. The summed E-state index contributed by atoms with van der Waals surface area (Å²) < 4.78 is 27.8. The molecular formula is C22H26N6O2S. The fraction of sp³-hybridized carbons (Fsp3) is 0.273. The van der Waals surface area contributed by atoms with Crippen molar-refractivity contribution in [1.82, 2.24) is 15.3 Å². The second-order valence-electron chi connectivity index (χ2n) is 7.28. The van der Waals surface area contributed by atoms with Crippen molar-refractivity contribution in [2.45, 2.75) is 18.2 Å². The highest BCUT2D eigenvalue weighted by molar-refractivity contribution is 7.92. The summed E-state index contributed by atoms with van der Waals surface area (Å²) >= 11 is 0. The molecule has 1 fully saturated rings. The average molecular weight is 439 g/mol. The molecule has 1 aliphatic rings. The molecule has 0 spiro atoms. The number of rotatable bonds is 7. The summed E-state index contributed by atoms with van der Waals surface area (Å²) in [6.45, 7) is 5.62. The third-order valence-electron chi connectivity index (χ3n) is 5.09. The normalized spacial score (nSPS) is 14.3.